The van der Waals surface area contributed by atoms with Crippen LogP contribution in [0.25, 0.3) is 0 Å². The molecule has 0 bridgehead atoms. The molecular formula is C56H124. The third kappa shape index (κ3) is 38.2. The summed E-state index contributed by atoms with van der Waals surface area (Å²) in [5.41, 5.74) is 2.92. The van der Waals surface area contributed by atoms with Gasteiger partial charge in [0, 0.05) is 0 Å². The van der Waals surface area contributed by atoms with Crippen LogP contribution in [-0.2, 0) is 0 Å². The fourth-order valence-electron chi connectivity index (χ4n) is 8.13. The molecular weight excluding hydrogens is 673 g/mol. The number of hydrogen-bond donors (Lipinski definition) is 0. The molecule has 0 nitrogen and oxygen atoms in total. The predicted molar refractivity (Wildman–Crippen MR) is 271 cm³/mol. The quantitative estimate of drug-likeness (QED) is 0.214. The van der Waals surface area contributed by atoms with Crippen LogP contribution in [-0.4, -0.2) is 0 Å². The van der Waals surface area contributed by atoms with Crippen LogP contribution in [0.3, 0.4) is 0 Å². The van der Waals surface area contributed by atoms with Crippen molar-refractivity contribution in [3.63, 3.8) is 0 Å². The van der Waals surface area contributed by atoms with E-state index >= 15 is 0 Å². The first-order chi connectivity index (χ1) is 25.5. The standard InChI is InChI=1S/C11H22.C10H20.C9H18.C8H16.C7H14.5C2H6.CH4/c1-11(2,3)10-8-6-4-5-7-9-10;1-10(2,3)9-7-5-4-6-8-9;1-9(2,3)8-6-4-5-7-8;1-8(2,3)7-5-4-6-7;1-7(2,3)6-4-5-6;5*1-2;/h10H,4-9H2,1-3H3;9H,4-8H2,1-3H3;8H,4-7H2,1-3H3;7H,4-6H2,1-3H3;6H,4-5H2,1-3H3;5*1-2H3;1H4. The van der Waals surface area contributed by atoms with E-state index in [1.54, 1.807) is 0 Å². The Labute approximate surface area is 364 Å². The minimum absolute atomic E-state index is 0. The molecule has 0 aromatic rings. The zero-order valence-corrected chi connectivity index (χ0v) is 44.5. The van der Waals surface area contributed by atoms with Crippen molar-refractivity contribution < 1.29 is 0 Å². The van der Waals surface area contributed by atoms with Gasteiger partial charge in [-0.1, -0.05) is 245 Å². The second-order valence-electron chi connectivity index (χ2n) is 21.7. The number of rotatable bonds is 0. The van der Waals surface area contributed by atoms with Gasteiger partial charge in [-0.05, 0) is 121 Å². The Morgan fingerprint density at radius 3 is 0.429 bits per heavy atom. The van der Waals surface area contributed by atoms with Crippen LogP contribution in [0.5, 0.6) is 0 Å². The molecule has 5 fully saturated rings. The van der Waals surface area contributed by atoms with Crippen molar-refractivity contribution in [2.24, 2.45) is 56.7 Å². The maximum atomic E-state index is 2.39. The summed E-state index contributed by atoms with van der Waals surface area (Å²) >= 11 is 0. The van der Waals surface area contributed by atoms with Crippen molar-refractivity contribution in [1.82, 2.24) is 0 Å². The highest BCUT2D eigenvalue weighted by Crippen LogP contribution is 2.44. The monoisotopic (exact) mass is 797 g/mol. The van der Waals surface area contributed by atoms with Gasteiger partial charge >= 0.3 is 0 Å². The van der Waals surface area contributed by atoms with Crippen LogP contribution >= 0.6 is 0 Å². The molecule has 5 saturated carbocycles. The smallest absolute Gasteiger partial charge is 0.0354 e. The van der Waals surface area contributed by atoms with E-state index in [0.717, 1.165) is 29.6 Å². The lowest BCUT2D eigenvalue weighted by Gasteiger charge is -2.37. The summed E-state index contributed by atoms with van der Waals surface area (Å²) in [7, 11) is 0. The van der Waals surface area contributed by atoms with Gasteiger partial charge in [-0.15, -0.1) is 0 Å². The Morgan fingerprint density at radius 1 is 0.196 bits per heavy atom. The van der Waals surface area contributed by atoms with Crippen molar-refractivity contribution in [1.29, 1.82) is 0 Å². The summed E-state index contributed by atoms with van der Waals surface area (Å²) in [6.45, 7) is 55.4. The molecule has 0 saturated heterocycles. The van der Waals surface area contributed by atoms with Gasteiger partial charge < -0.3 is 0 Å². The highest BCUT2D eigenvalue weighted by Gasteiger charge is 2.33. The third-order valence-corrected chi connectivity index (χ3v) is 12.6. The maximum absolute atomic E-state index is 2.39. The molecule has 5 rings (SSSR count). The van der Waals surface area contributed by atoms with Crippen LogP contribution in [0.2, 0.25) is 0 Å². The lowest BCUT2D eigenvalue weighted by Crippen LogP contribution is -2.26. The Balaban J connectivity index is -0.000000132. The van der Waals surface area contributed by atoms with Crippen LogP contribution in [0.15, 0.2) is 0 Å². The molecule has 0 unspecified atom stereocenters. The van der Waals surface area contributed by atoms with E-state index in [0.29, 0.717) is 27.1 Å². The number of hydrogen-bond acceptors (Lipinski definition) is 0. The predicted octanol–water partition coefficient (Wildman–Crippen LogP) is 21.9. The molecule has 0 heteroatoms. The van der Waals surface area contributed by atoms with Gasteiger partial charge in [0.05, 0.1) is 0 Å². The van der Waals surface area contributed by atoms with Crippen LogP contribution in [0.4, 0.5) is 0 Å². The van der Waals surface area contributed by atoms with E-state index < -0.39 is 0 Å². The molecule has 0 amide bonds. The first-order valence-electron chi connectivity index (χ1n) is 25.5. The van der Waals surface area contributed by atoms with E-state index in [9.17, 15) is 0 Å². The Morgan fingerprint density at radius 2 is 0.321 bits per heavy atom. The van der Waals surface area contributed by atoms with Gasteiger partial charge in [0.2, 0.25) is 0 Å². The highest BCUT2D eigenvalue weighted by atomic mass is 14.4. The Bertz CT molecular complexity index is 707. The van der Waals surface area contributed by atoms with Crippen LogP contribution < -0.4 is 0 Å². The van der Waals surface area contributed by atoms with E-state index in [1.165, 1.54) is 128 Å². The van der Waals surface area contributed by atoms with E-state index in [4.69, 9.17) is 0 Å². The summed E-state index contributed by atoms with van der Waals surface area (Å²) in [5, 5.41) is 0. The second kappa shape index (κ2) is 38.0. The van der Waals surface area contributed by atoms with Crippen molar-refractivity contribution in [3.05, 3.63) is 0 Å². The van der Waals surface area contributed by atoms with E-state index in [-0.39, 0.29) is 7.43 Å². The van der Waals surface area contributed by atoms with Gasteiger partial charge in [-0.25, -0.2) is 0 Å². The lowest BCUT2D eigenvalue weighted by atomic mass is 9.69. The molecule has 348 valence electrons. The zero-order valence-electron chi connectivity index (χ0n) is 44.5. The van der Waals surface area contributed by atoms with Crippen molar-refractivity contribution in [2.45, 2.75) is 309 Å². The SMILES string of the molecule is C.CC.CC.CC.CC.CC.CC(C)(C)C1CC1.CC(C)(C)C1CCC1.CC(C)(C)C1CCCC1.CC(C)(C)C1CCCCC1.CC(C)(C)C1CCCCCC1. The molecule has 0 spiro atoms. The maximum Gasteiger partial charge on any atom is -0.0354 e. The molecule has 5 aliphatic carbocycles. The highest BCUT2D eigenvalue weighted by molar-refractivity contribution is 4.84. The lowest BCUT2D eigenvalue weighted by molar-refractivity contribution is 0.141. The third-order valence-electron chi connectivity index (χ3n) is 12.6. The molecule has 0 aromatic heterocycles. The van der Waals surface area contributed by atoms with Gasteiger partial charge in [0.15, 0.2) is 0 Å². The average molecular weight is 798 g/mol. The molecule has 0 atom stereocenters. The summed E-state index contributed by atoms with van der Waals surface area (Å²) in [4.78, 5) is 0. The summed E-state index contributed by atoms with van der Waals surface area (Å²) < 4.78 is 0. The van der Waals surface area contributed by atoms with Gasteiger partial charge in [0.1, 0.15) is 0 Å². The normalized spacial score (nSPS) is 19.0. The molecule has 5 aliphatic rings. The van der Waals surface area contributed by atoms with Crippen LogP contribution in [0.1, 0.15) is 309 Å². The molecule has 0 heterocycles. The summed E-state index contributed by atoms with van der Waals surface area (Å²) in [6.07, 6.45) is 29.5. The van der Waals surface area contributed by atoms with Gasteiger partial charge in [0.25, 0.3) is 0 Å². The first-order valence-corrected chi connectivity index (χ1v) is 25.5. The van der Waals surface area contributed by atoms with Crippen molar-refractivity contribution in [2.75, 3.05) is 0 Å². The first kappa shape index (κ1) is 67.8. The largest absolute Gasteiger partial charge is 0.0776 e. The fraction of sp³-hybridized carbons (Fsp3) is 1.00. The Kier molecular flexibility index (Phi) is 45.9. The molecule has 0 N–H and O–H groups in total. The summed E-state index contributed by atoms with van der Waals surface area (Å²) in [6, 6.07) is 0. The van der Waals surface area contributed by atoms with Crippen LogP contribution in [0, 0.1) is 56.7 Å². The topological polar surface area (TPSA) is 0 Å². The molecule has 56 heavy (non-hydrogen) atoms. The van der Waals surface area contributed by atoms with Crippen molar-refractivity contribution >= 4 is 0 Å². The summed E-state index contributed by atoms with van der Waals surface area (Å²) in [5.74, 6) is 5.08. The average Bonchev–Trinajstić information content (AvgIpc) is 3.89. The van der Waals surface area contributed by atoms with Gasteiger partial charge in [-0.3, -0.25) is 0 Å². The van der Waals surface area contributed by atoms with Crippen molar-refractivity contribution in [3.8, 4) is 0 Å². The molecule has 0 aliphatic heterocycles. The van der Waals surface area contributed by atoms with Gasteiger partial charge in [-0.2, -0.15) is 0 Å². The van der Waals surface area contributed by atoms with E-state index in [1.807, 2.05) is 69.2 Å². The molecule has 0 aromatic carbocycles. The zero-order chi connectivity index (χ0) is 44.5. The Hall–Kier alpha value is 0. The minimum Gasteiger partial charge on any atom is -0.0776 e. The second-order valence-corrected chi connectivity index (χ2v) is 21.7. The minimum atomic E-state index is 0. The van der Waals surface area contributed by atoms with E-state index in [2.05, 4.69) is 104 Å². The molecule has 0 radical (unpaired) electrons. The fourth-order valence-corrected chi connectivity index (χ4v) is 8.13.